The predicted octanol–water partition coefficient (Wildman–Crippen LogP) is 2.23. The Kier molecular flexibility index (Phi) is 9.80. The fraction of sp³-hybridized carbons (Fsp3) is 0.625. The molecular weight excluding hydrogens is 623 g/mol. The van der Waals surface area contributed by atoms with Gasteiger partial charge in [0.2, 0.25) is 5.91 Å². The lowest BCUT2D eigenvalue weighted by atomic mass is 9.43. The molecule has 48 heavy (non-hydrogen) atoms. The maximum Gasteiger partial charge on any atom is 0.482 e. The van der Waals surface area contributed by atoms with Crippen LogP contribution in [0.1, 0.15) is 80.8 Å². The molecule has 1 aromatic heterocycles. The van der Waals surface area contributed by atoms with Gasteiger partial charge in [-0.15, -0.1) is 5.10 Å². The van der Waals surface area contributed by atoms with Gasteiger partial charge in [0.1, 0.15) is 23.5 Å². The summed E-state index contributed by atoms with van der Waals surface area (Å²) in [6.07, 6.45) is 2.70. The van der Waals surface area contributed by atoms with Gasteiger partial charge in [-0.05, 0) is 75.8 Å². The number of para-hydroxylation sites is 1. The van der Waals surface area contributed by atoms with Crippen LogP contribution in [0, 0.1) is 17.3 Å². The summed E-state index contributed by atoms with van der Waals surface area (Å²) in [7, 11) is 0.603. The first kappa shape index (κ1) is 35.1. The molecule has 1 aliphatic heterocycles. The molecule has 2 bridgehead atoms. The van der Waals surface area contributed by atoms with Crippen LogP contribution < -0.4 is 20.7 Å². The van der Waals surface area contributed by atoms with E-state index in [4.69, 9.17) is 18.8 Å². The molecule has 0 spiro atoms. The van der Waals surface area contributed by atoms with Crippen molar-refractivity contribution in [2.45, 2.75) is 90.6 Å². The van der Waals surface area contributed by atoms with Gasteiger partial charge in [-0.25, -0.2) is 14.3 Å². The molecule has 2 heterocycles. The smallest absolute Gasteiger partial charge is 0.482 e. The number of nitrogens with one attached hydrogen (secondary N) is 3. The highest BCUT2D eigenvalue weighted by Crippen LogP contribution is 2.65. The number of hydrogen-bond acceptors (Lipinski definition) is 10. The molecule has 3 saturated carbocycles. The van der Waals surface area contributed by atoms with Gasteiger partial charge in [-0.2, -0.15) is 0 Å². The highest BCUT2D eigenvalue weighted by molar-refractivity contribution is 6.48. The van der Waals surface area contributed by atoms with Gasteiger partial charge in [-0.3, -0.25) is 9.59 Å². The van der Waals surface area contributed by atoms with Crippen molar-refractivity contribution in [3.8, 4) is 5.75 Å². The maximum absolute atomic E-state index is 13.4. The summed E-state index contributed by atoms with van der Waals surface area (Å²) < 4.78 is 25.1. The summed E-state index contributed by atoms with van der Waals surface area (Å²) in [5.74, 6) is -1.78. The Morgan fingerprint density at radius 3 is 2.54 bits per heavy atom. The minimum Gasteiger partial charge on any atom is -0.496 e. The summed E-state index contributed by atoms with van der Waals surface area (Å²) in [5.41, 5.74) is -0.483. The molecule has 15 nitrogen and oxygen atoms in total. The minimum absolute atomic E-state index is 0.00517. The number of carboxylic acids is 1. The number of alkyl carbamates (subject to hydrolysis) is 1. The third-order valence-electron chi connectivity index (χ3n) is 9.77. The molecule has 3 amide bonds. The lowest BCUT2D eigenvalue weighted by molar-refractivity contribution is -0.199. The maximum atomic E-state index is 13.4. The number of aromatic nitrogens is 3. The zero-order valence-electron chi connectivity index (χ0n) is 28.5. The first-order valence-corrected chi connectivity index (χ1v) is 16.2. The monoisotopic (exact) mass is 668 g/mol. The van der Waals surface area contributed by atoms with Crippen LogP contribution in [0.5, 0.6) is 5.75 Å². The van der Waals surface area contributed by atoms with Crippen LogP contribution in [0.25, 0.3) is 0 Å². The van der Waals surface area contributed by atoms with Gasteiger partial charge >= 0.3 is 19.2 Å². The average molecular weight is 669 g/mol. The van der Waals surface area contributed by atoms with E-state index in [-0.39, 0.29) is 54.6 Å². The quantitative estimate of drug-likeness (QED) is 0.192. The SMILES string of the molecule is COc1c(C[C@H](NC(=O)Cn2cc(C(=O)NCCNC(=O)OC(C)(C)C)nn2)B2O[C@@H]3C[C@@H]4C[C@@H](C4(C)C)[C@]3(C)O2)cccc1C(=O)O. The number of carboxylic acid groups (broad SMARTS) is 1. The van der Waals surface area contributed by atoms with Crippen molar-refractivity contribution in [1.29, 1.82) is 0 Å². The number of rotatable bonds is 12. The van der Waals surface area contributed by atoms with Crippen molar-refractivity contribution in [3.05, 3.63) is 41.2 Å². The van der Waals surface area contributed by atoms with Crippen molar-refractivity contribution < 1.29 is 43.1 Å². The van der Waals surface area contributed by atoms with Crippen LogP contribution in [0.3, 0.4) is 0 Å². The van der Waals surface area contributed by atoms with Crippen molar-refractivity contribution in [2.75, 3.05) is 20.2 Å². The van der Waals surface area contributed by atoms with Gasteiger partial charge in [0, 0.05) is 13.1 Å². The van der Waals surface area contributed by atoms with Crippen LogP contribution >= 0.6 is 0 Å². The predicted molar refractivity (Wildman–Crippen MR) is 172 cm³/mol. The van der Waals surface area contributed by atoms with E-state index in [0.717, 1.165) is 12.8 Å². The molecule has 0 radical (unpaired) electrons. The molecule has 1 saturated heterocycles. The van der Waals surface area contributed by atoms with E-state index in [2.05, 4.69) is 47.0 Å². The van der Waals surface area contributed by atoms with E-state index in [1.54, 1.807) is 32.9 Å². The average Bonchev–Trinajstić information content (AvgIpc) is 3.61. The molecule has 16 heteroatoms. The van der Waals surface area contributed by atoms with E-state index in [1.165, 1.54) is 24.1 Å². The molecule has 6 rings (SSSR count). The Balaban J connectivity index is 1.25. The van der Waals surface area contributed by atoms with Crippen LogP contribution in [0.15, 0.2) is 24.4 Å². The number of carbonyl (C=O) groups is 4. The first-order valence-electron chi connectivity index (χ1n) is 16.2. The molecule has 4 aliphatic rings. The summed E-state index contributed by atoms with van der Waals surface area (Å²) in [5, 5.41) is 25.7. The van der Waals surface area contributed by atoms with Gasteiger partial charge in [0.15, 0.2) is 5.69 Å². The molecule has 4 N–H and O–H groups in total. The zero-order chi connectivity index (χ0) is 35.0. The highest BCUT2D eigenvalue weighted by atomic mass is 16.7. The van der Waals surface area contributed by atoms with E-state index >= 15 is 0 Å². The van der Waals surface area contributed by atoms with Crippen molar-refractivity contribution >= 4 is 31.0 Å². The summed E-state index contributed by atoms with van der Waals surface area (Å²) in [6.45, 7) is 11.9. The van der Waals surface area contributed by atoms with Gasteiger partial charge in [-0.1, -0.05) is 31.2 Å². The second-order valence-corrected chi connectivity index (χ2v) is 14.5. The third kappa shape index (κ3) is 7.28. The summed E-state index contributed by atoms with van der Waals surface area (Å²) in [4.78, 5) is 49.7. The molecule has 0 unspecified atom stereocenters. The Hall–Kier alpha value is -4.18. The summed E-state index contributed by atoms with van der Waals surface area (Å²) in [6, 6.07) is 4.84. The number of benzene rings is 1. The van der Waals surface area contributed by atoms with E-state index in [1.807, 2.05) is 0 Å². The molecule has 5 atom stereocenters. The fourth-order valence-electron chi connectivity index (χ4n) is 7.30. The largest absolute Gasteiger partial charge is 0.496 e. The van der Waals surface area contributed by atoms with Gasteiger partial charge in [0.05, 0.1) is 31.0 Å². The van der Waals surface area contributed by atoms with E-state index in [9.17, 15) is 24.3 Å². The molecule has 4 fully saturated rings. The number of hydrogen-bond donors (Lipinski definition) is 4. The lowest BCUT2D eigenvalue weighted by Crippen LogP contribution is -2.65. The standard InChI is InChI=1S/C32H45BN6O9/c1-30(2,3)46-29(44)35-12-11-34-27(41)21-16-39(38-37-21)17-25(40)36-24(13-18-9-8-10-20(28(42)43)26(18)45-7)33-47-23-15-19-14-22(31(19,4)5)32(23,6)48-33/h8-10,16,19,22-24H,11-15,17H2,1-7H3,(H,34,41)(H,35,44)(H,36,40)(H,42,43)/t19-,22-,23+,24-,32-/m0/s1. The van der Waals surface area contributed by atoms with Crippen LogP contribution in [-0.4, -0.2) is 94.5 Å². The number of amides is 3. The molecule has 3 aliphatic carbocycles. The number of carbonyl (C=O) groups excluding carboxylic acids is 3. The van der Waals surface area contributed by atoms with Crippen molar-refractivity contribution in [2.24, 2.45) is 17.3 Å². The van der Waals surface area contributed by atoms with E-state index < -0.39 is 48.1 Å². The molecular formula is C32H45BN6O9. The minimum atomic E-state index is -1.13. The summed E-state index contributed by atoms with van der Waals surface area (Å²) >= 11 is 0. The number of aromatic carboxylic acids is 1. The van der Waals surface area contributed by atoms with Gasteiger partial charge in [0.25, 0.3) is 5.91 Å². The second-order valence-electron chi connectivity index (χ2n) is 14.5. The first-order chi connectivity index (χ1) is 22.5. The third-order valence-corrected chi connectivity index (χ3v) is 9.77. The van der Waals surface area contributed by atoms with Crippen LogP contribution in [-0.2, 0) is 31.8 Å². The number of methoxy groups -OCH3 is 1. The molecule has 2 aromatic rings. The van der Waals surface area contributed by atoms with Crippen LogP contribution in [0.2, 0.25) is 0 Å². The van der Waals surface area contributed by atoms with Crippen molar-refractivity contribution in [1.82, 2.24) is 30.9 Å². The highest BCUT2D eigenvalue weighted by Gasteiger charge is 2.68. The Morgan fingerprint density at radius 1 is 1.15 bits per heavy atom. The molecule has 260 valence electrons. The number of ether oxygens (including phenoxy) is 2. The Morgan fingerprint density at radius 2 is 1.88 bits per heavy atom. The Labute approximate surface area is 279 Å². The lowest BCUT2D eigenvalue weighted by Gasteiger charge is -2.64. The fourth-order valence-corrected chi connectivity index (χ4v) is 7.30. The second kappa shape index (κ2) is 13.4. The van der Waals surface area contributed by atoms with Crippen LogP contribution in [0.4, 0.5) is 4.79 Å². The van der Waals surface area contributed by atoms with Crippen molar-refractivity contribution in [3.63, 3.8) is 0 Å². The topological polar surface area (TPSA) is 192 Å². The van der Waals surface area contributed by atoms with Gasteiger partial charge < -0.3 is 39.8 Å². The number of nitrogens with zero attached hydrogens (tertiary/aromatic N) is 3. The normalized spacial score (nSPS) is 24.5. The Bertz CT molecular complexity index is 1560. The zero-order valence-corrected chi connectivity index (χ0v) is 28.5. The molecule has 1 aromatic carbocycles. The van der Waals surface area contributed by atoms with E-state index in [0.29, 0.717) is 17.4 Å².